The molecule has 4 nitrogen and oxygen atoms in total. The first-order valence-corrected chi connectivity index (χ1v) is 6.11. The molecule has 0 saturated carbocycles. The molecule has 0 fully saturated rings. The minimum absolute atomic E-state index is 0.268. The van der Waals surface area contributed by atoms with Crippen molar-refractivity contribution in [2.24, 2.45) is 0 Å². The lowest BCUT2D eigenvalue weighted by atomic mass is 10.2. The van der Waals surface area contributed by atoms with E-state index < -0.39 is 5.97 Å². The van der Waals surface area contributed by atoms with Gasteiger partial charge in [-0.2, -0.15) is 0 Å². The van der Waals surface area contributed by atoms with Crippen LogP contribution in [0.5, 0.6) is 5.75 Å². The van der Waals surface area contributed by atoms with Crippen LogP contribution in [0.3, 0.4) is 0 Å². The molecular weight excluding hydrogens is 298 g/mol. The second kappa shape index (κ2) is 5.27. The molecule has 94 valence electrons. The lowest BCUT2D eigenvalue weighted by molar-refractivity contribution is 0.0697. The van der Waals surface area contributed by atoms with E-state index in [0.29, 0.717) is 6.54 Å². The molecule has 1 aromatic carbocycles. The molecule has 0 saturated heterocycles. The number of aromatic nitrogens is 1. The maximum Gasteiger partial charge on any atom is 0.337 e. The van der Waals surface area contributed by atoms with Crippen LogP contribution in [-0.4, -0.2) is 22.8 Å². The summed E-state index contributed by atoms with van der Waals surface area (Å²) in [5.41, 5.74) is 1.31. The zero-order valence-electron chi connectivity index (χ0n) is 9.76. The Bertz CT molecular complexity index is 577. The predicted molar refractivity (Wildman–Crippen MR) is 71.2 cm³/mol. The van der Waals surface area contributed by atoms with E-state index in [0.717, 1.165) is 15.9 Å². The van der Waals surface area contributed by atoms with Crippen molar-refractivity contribution in [2.45, 2.75) is 6.54 Å². The first-order valence-electron chi connectivity index (χ1n) is 5.32. The molecule has 5 heteroatoms. The molecule has 0 radical (unpaired) electrons. The van der Waals surface area contributed by atoms with Crippen LogP contribution in [0.2, 0.25) is 0 Å². The number of nitrogens with zero attached hydrogens (tertiary/aromatic N) is 1. The maximum absolute atomic E-state index is 10.9. The van der Waals surface area contributed by atoms with Crippen LogP contribution in [0, 0.1) is 0 Å². The predicted octanol–water partition coefficient (Wildman–Crippen LogP) is 3.01. The fraction of sp³-hybridized carbons (Fsp3) is 0.154. The Hall–Kier alpha value is -1.75. The van der Waals surface area contributed by atoms with E-state index in [4.69, 9.17) is 9.84 Å². The molecule has 2 aromatic rings. The second-order valence-corrected chi connectivity index (χ2v) is 4.65. The van der Waals surface area contributed by atoms with Gasteiger partial charge in [0.2, 0.25) is 0 Å². The van der Waals surface area contributed by atoms with Crippen molar-refractivity contribution in [1.82, 2.24) is 4.57 Å². The monoisotopic (exact) mass is 309 g/mol. The Balaban J connectivity index is 2.25. The van der Waals surface area contributed by atoms with Gasteiger partial charge in [0.1, 0.15) is 5.75 Å². The minimum Gasteiger partial charge on any atom is -0.497 e. The Morgan fingerprint density at radius 2 is 2.22 bits per heavy atom. The van der Waals surface area contributed by atoms with Gasteiger partial charge in [-0.05, 0) is 39.7 Å². The van der Waals surface area contributed by atoms with Crippen molar-refractivity contribution < 1.29 is 14.6 Å². The summed E-state index contributed by atoms with van der Waals surface area (Å²) in [6.07, 6.45) is 1.60. The largest absolute Gasteiger partial charge is 0.497 e. The number of carbonyl (C=O) groups is 1. The lowest BCUT2D eigenvalue weighted by Crippen LogP contribution is -1.99. The van der Waals surface area contributed by atoms with Crippen LogP contribution in [0.1, 0.15) is 15.9 Å². The van der Waals surface area contributed by atoms with Crippen molar-refractivity contribution >= 4 is 21.9 Å². The number of ether oxygens (including phenoxy) is 1. The molecule has 0 aliphatic heterocycles. The van der Waals surface area contributed by atoms with E-state index in [2.05, 4.69) is 15.9 Å². The number of methoxy groups -OCH3 is 1. The molecule has 1 heterocycles. The van der Waals surface area contributed by atoms with Gasteiger partial charge in [0.05, 0.1) is 17.3 Å². The second-order valence-electron chi connectivity index (χ2n) is 3.84. The number of aromatic carboxylic acids is 1. The molecule has 0 aliphatic rings. The van der Waals surface area contributed by atoms with Crippen LogP contribution in [0.25, 0.3) is 0 Å². The molecular formula is C13H12BrNO3. The molecule has 1 N–H and O–H groups in total. The van der Waals surface area contributed by atoms with Crippen LogP contribution in [0.4, 0.5) is 0 Å². The minimum atomic E-state index is -0.930. The zero-order chi connectivity index (χ0) is 13.1. The Kier molecular flexibility index (Phi) is 3.72. The van der Waals surface area contributed by atoms with E-state index in [-0.39, 0.29) is 5.56 Å². The van der Waals surface area contributed by atoms with Crippen molar-refractivity contribution in [2.75, 3.05) is 7.11 Å². The van der Waals surface area contributed by atoms with Crippen LogP contribution in [-0.2, 0) is 6.54 Å². The number of rotatable bonds is 4. The average Bonchev–Trinajstić information content (AvgIpc) is 2.71. The standard InChI is InChI=1S/C13H12BrNO3/c1-18-11-4-2-3-9(5-11)7-15-8-10(13(16)17)6-12(15)14/h2-6,8H,7H2,1H3,(H,16,17). The summed E-state index contributed by atoms with van der Waals surface area (Å²) in [4.78, 5) is 10.9. The fourth-order valence-electron chi connectivity index (χ4n) is 1.68. The van der Waals surface area contributed by atoms with Gasteiger partial charge in [-0.3, -0.25) is 0 Å². The van der Waals surface area contributed by atoms with E-state index >= 15 is 0 Å². The Labute approximate surface area is 113 Å². The van der Waals surface area contributed by atoms with Gasteiger partial charge in [-0.25, -0.2) is 4.79 Å². The average molecular weight is 310 g/mol. The van der Waals surface area contributed by atoms with E-state index in [1.807, 2.05) is 28.8 Å². The van der Waals surface area contributed by atoms with Gasteiger partial charge >= 0.3 is 5.97 Å². The van der Waals surface area contributed by atoms with E-state index in [1.54, 1.807) is 19.4 Å². The molecule has 0 aliphatic carbocycles. The lowest BCUT2D eigenvalue weighted by Gasteiger charge is -2.07. The summed E-state index contributed by atoms with van der Waals surface area (Å²) in [6, 6.07) is 9.26. The Morgan fingerprint density at radius 1 is 1.44 bits per heavy atom. The summed E-state index contributed by atoms with van der Waals surface area (Å²) >= 11 is 3.35. The van der Waals surface area contributed by atoms with Crippen molar-refractivity contribution in [1.29, 1.82) is 0 Å². The molecule has 0 atom stereocenters. The highest BCUT2D eigenvalue weighted by molar-refractivity contribution is 9.10. The first kappa shape index (κ1) is 12.7. The van der Waals surface area contributed by atoms with Crippen LogP contribution < -0.4 is 4.74 Å². The topological polar surface area (TPSA) is 51.5 Å². The third kappa shape index (κ3) is 2.73. The van der Waals surface area contributed by atoms with E-state index in [9.17, 15) is 4.79 Å². The molecule has 0 unspecified atom stereocenters. The van der Waals surface area contributed by atoms with Gasteiger partial charge in [-0.1, -0.05) is 12.1 Å². The summed E-state index contributed by atoms with van der Waals surface area (Å²) in [5.74, 6) is -0.144. The van der Waals surface area contributed by atoms with Crippen molar-refractivity contribution in [3.63, 3.8) is 0 Å². The molecule has 1 aromatic heterocycles. The molecule has 2 rings (SSSR count). The summed E-state index contributed by atoms with van der Waals surface area (Å²) in [7, 11) is 1.62. The molecule has 0 spiro atoms. The van der Waals surface area contributed by atoms with Crippen LogP contribution >= 0.6 is 15.9 Å². The van der Waals surface area contributed by atoms with Gasteiger partial charge in [0.25, 0.3) is 0 Å². The third-order valence-electron chi connectivity index (χ3n) is 2.58. The molecule has 18 heavy (non-hydrogen) atoms. The normalized spacial score (nSPS) is 10.3. The van der Waals surface area contributed by atoms with E-state index in [1.165, 1.54) is 0 Å². The number of hydrogen-bond donors (Lipinski definition) is 1. The Morgan fingerprint density at radius 3 is 2.83 bits per heavy atom. The first-order chi connectivity index (χ1) is 8.60. The molecule has 0 bridgehead atoms. The number of halogens is 1. The van der Waals surface area contributed by atoms with Gasteiger partial charge in [0.15, 0.2) is 0 Å². The highest BCUT2D eigenvalue weighted by atomic mass is 79.9. The van der Waals surface area contributed by atoms with Gasteiger partial charge in [0, 0.05) is 12.7 Å². The highest BCUT2D eigenvalue weighted by Crippen LogP contribution is 2.19. The number of carboxylic acids is 1. The quantitative estimate of drug-likeness (QED) is 0.944. The summed E-state index contributed by atoms with van der Waals surface area (Å²) in [5, 5.41) is 8.92. The number of benzene rings is 1. The SMILES string of the molecule is COc1cccc(Cn2cc(C(=O)O)cc2Br)c1. The van der Waals surface area contributed by atoms with Crippen LogP contribution in [0.15, 0.2) is 41.1 Å². The summed E-state index contributed by atoms with van der Waals surface area (Å²) in [6.45, 7) is 0.588. The number of carboxylic acid groups (broad SMARTS) is 1. The highest BCUT2D eigenvalue weighted by Gasteiger charge is 2.09. The number of hydrogen-bond acceptors (Lipinski definition) is 2. The third-order valence-corrected chi connectivity index (χ3v) is 3.26. The zero-order valence-corrected chi connectivity index (χ0v) is 11.3. The summed E-state index contributed by atoms with van der Waals surface area (Å²) < 4.78 is 7.72. The fourth-order valence-corrected chi connectivity index (χ4v) is 2.16. The molecule has 0 amide bonds. The van der Waals surface area contributed by atoms with Crippen molar-refractivity contribution in [3.05, 3.63) is 52.3 Å². The smallest absolute Gasteiger partial charge is 0.337 e. The van der Waals surface area contributed by atoms with Gasteiger partial charge < -0.3 is 14.4 Å². The van der Waals surface area contributed by atoms with Gasteiger partial charge in [-0.15, -0.1) is 0 Å². The van der Waals surface area contributed by atoms with Crippen molar-refractivity contribution in [3.8, 4) is 5.75 Å². The maximum atomic E-state index is 10.9.